The van der Waals surface area contributed by atoms with Crippen molar-refractivity contribution in [2.24, 2.45) is 0 Å². The summed E-state index contributed by atoms with van der Waals surface area (Å²) in [6.45, 7) is 2.36. The fourth-order valence-corrected chi connectivity index (χ4v) is 1.46. The number of carbonyl (C=O) groups is 1. The van der Waals surface area contributed by atoms with Crippen LogP contribution < -0.4 is 0 Å². The van der Waals surface area contributed by atoms with Gasteiger partial charge in [0.15, 0.2) is 5.69 Å². The van der Waals surface area contributed by atoms with Crippen molar-refractivity contribution in [1.29, 1.82) is 0 Å². The summed E-state index contributed by atoms with van der Waals surface area (Å²) in [7, 11) is 0. The molecule has 1 aliphatic rings. The summed E-state index contributed by atoms with van der Waals surface area (Å²) in [6, 6.07) is 0. The highest BCUT2D eigenvalue weighted by Gasteiger charge is 2.15. The van der Waals surface area contributed by atoms with Gasteiger partial charge in [-0.1, -0.05) is 5.21 Å². The minimum Gasteiger partial charge on any atom is -0.476 e. The van der Waals surface area contributed by atoms with Crippen molar-refractivity contribution in [3.05, 3.63) is 11.9 Å². The lowest BCUT2D eigenvalue weighted by molar-refractivity contribution is 0.0369. The van der Waals surface area contributed by atoms with Gasteiger partial charge in [-0.3, -0.25) is 0 Å². The Morgan fingerprint density at radius 1 is 1.75 bits per heavy atom. The maximum atomic E-state index is 10.5. The van der Waals surface area contributed by atoms with E-state index >= 15 is 0 Å². The molecule has 7 nitrogen and oxygen atoms in total. The van der Waals surface area contributed by atoms with Crippen LogP contribution in [0.3, 0.4) is 0 Å². The van der Waals surface area contributed by atoms with Crippen molar-refractivity contribution in [1.82, 2.24) is 15.0 Å². The molecular weight excluding hydrogens is 214 g/mol. The first kappa shape index (κ1) is 11.0. The third-order valence-corrected chi connectivity index (χ3v) is 2.32. The Morgan fingerprint density at radius 2 is 2.62 bits per heavy atom. The number of rotatable bonds is 5. The van der Waals surface area contributed by atoms with Gasteiger partial charge in [-0.15, -0.1) is 5.10 Å². The molecular formula is C9H13N3O4. The summed E-state index contributed by atoms with van der Waals surface area (Å²) in [5, 5.41) is 15.8. The quantitative estimate of drug-likeness (QED) is 0.748. The van der Waals surface area contributed by atoms with Gasteiger partial charge < -0.3 is 14.6 Å². The van der Waals surface area contributed by atoms with Gasteiger partial charge in [0, 0.05) is 6.61 Å². The zero-order valence-electron chi connectivity index (χ0n) is 8.70. The number of nitrogens with zero attached hydrogens (tertiary/aromatic N) is 3. The second kappa shape index (κ2) is 5.04. The molecule has 0 spiro atoms. The highest BCUT2D eigenvalue weighted by molar-refractivity contribution is 5.84. The number of aromatic nitrogens is 3. The Kier molecular flexibility index (Phi) is 3.47. The summed E-state index contributed by atoms with van der Waals surface area (Å²) in [6.07, 6.45) is 2.46. The van der Waals surface area contributed by atoms with E-state index in [1.165, 1.54) is 10.9 Å². The molecule has 1 aromatic heterocycles. The van der Waals surface area contributed by atoms with Crippen LogP contribution in [0.2, 0.25) is 0 Å². The fraction of sp³-hybridized carbons (Fsp3) is 0.667. The molecule has 7 heteroatoms. The molecule has 16 heavy (non-hydrogen) atoms. The first-order valence-electron chi connectivity index (χ1n) is 5.08. The number of hydrogen-bond donors (Lipinski definition) is 1. The van der Waals surface area contributed by atoms with Crippen LogP contribution in [0, 0.1) is 0 Å². The minimum absolute atomic E-state index is 0.0517. The van der Waals surface area contributed by atoms with E-state index in [0.717, 1.165) is 13.0 Å². The van der Waals surface area contributed by atoms with Crippen LogP contribution in [-0.2, 0) is 16.0 Å². The molecule has 0 saturated carbocycles. The predicted molar refractivity (Wildman–Crippen MR) is 52.2 cm³/mol. The Balaban J connectivity index is 1.74. The number of carboxylic acid groups (broad SMARTS) is 1. The molecule has 1 aromatic rings. The van der Waals surface area contributed by atoms with Crippen molar-refractivity contribution >= 4 is 5.97 Å². The van der Waals surface area contributed by atoms with E-state index in [4.69, 9.17) is 14.6 Å². The normalized spacial score (nSPS) is 20.1. The predicted octanol–water partition coefficient (Wildman–Crippen LogP) is -0.218. The number of aromatic carboxylic acids is 1. The number of carboxylic acids is 1. The zero-order chi connectivity index (χ0) is 11.4. The molecule has 1 N–H and O–H groups in total. The van der Waals surface area contributed by atoms with Gasteiger partial charge >= 0.3 is 5.97 Å². The van der Waals surface area contributed by atoms with Gasteiger partial charge in [-0.2, -0.15) is 0 Å². The standard InChI is InChI=1S/C9H13N3O4/c13-9(14)8-5-12(11-10-8)2-4-16-7-1-3-15-6-7/h5,7H,1-4,6H2,(H,13,14). The summed E-state index contributed by atoms with van der Waals surface area (Å²) in [5.41, 5.74) is -0.0517. The first-order valence-corrected chi connectivity index (χ1v) is 5.08. The van der Waals surface area contributed by atoms with Gasteiger partial charge in [-0.25, -0.2) is 9.48 Å². The Bertz CT molecular complexity index is 359. The lowest BCUT2D eigenvalue weighted by Crippen LogP contribution is -2.16. The summed E-state index contributed by atoms with van der Waals surface area (Å²) >= 11 is 0. The van der Waals surface area contributed by atoms with Gasteiger partial charge in [0.2, 0.25) is 0 Å². The van der Waals surface area contributed by atoms with Crippen LogP contribution >= 0.6 is 0 Å². The van der Waals surface area contributed by atoms with E-state index in [1.54, 1.807) is 0 Å². The van der Waals surface area contributed by atoms with E-state index in [-0.39, 0.29) is 11.8 Å². The summed E-state index contributed by atoms with van der Waals surface area (Å²) in [5.74, 6) is -1.07. The monoisotopic (exact) mass is 227 g/mol. The van der Waals surface area contributed by atoms with Gasteiger partial charge in [0.1, 0.15) is 0 Å². The molecule has 2 heterocycles. The van der Waals surface area contributed by atoms with Crippen molar-refractivity contribution in [3.63, 3.8) is 0 Å². The van der Waals surface area contributed by atoms with Gasteiger partial charge in [0.25, 0.3) is 0 Å². The molecule has 1 fully saturated rings. The van der Waals surface area contributed by atoms with Crippen LogP contribution in [0.5, 0.6) is 0 Å². The van der Waals surface area contributed by atoms with E-state index < -0.39 is 5.97 Å². The van der Waals surface area contributed by atoms with Crippen LogP contribution in [0.15, 0.2) is 6.20 Å². The summed E-state index contributed by atoms with van der Waals surface area (Å²) < 4.78 is 12.1. The highest BCUT2D eigenvalue weighted by atomic mass is 16.5. The second-order valence-corrected chi connectivity index (χ2v) is 3.53. The third kappa shape index (κ3) is 2.77. The second-order valence-electron chi connectivity index (χ2n) is 3.53. The molecule has 0 aliphatic carbocycles. The third-order valence-electron chi connectivity index (χ3n) is 2.32. The average molecular weight is 227 g/mol. The van der Waals surface area contributed by atoms with Crippen LogP contribution in [0.25, 0.3) is 0 Å². The molecule has 0 amide bonds. The van der Waals surface area contributed by atoms with Crippen LogP contribution in [-0.4, -0.2) is 52.0 Å². The molecule has 1 unspecified atom stereocenters. The van der Waals surface area contributed by atoms with Crippen molar-refractivity contribution < 1.29 is 19.4 Å². The van der Waals surface area contributed by atoms with E-state index in [1.807, 2.05) is 0 Å². The lowest BCUT2D eigenvalue weighted by Gasteiger charge is -2.08. The van der Waals surface area contributed by atoms with Gasteiger partial charge in [-0.05, 0) is 6.42 Å². The molecule has 1 atom stereocenters. The maximum Gasteiger partial charge on any atom is 0.358 e. The maximum absolute atomic E-state index is 10.5. The van der Waals surface area contributed by atoms with E-state index in [0.29, 0.717) is 19.8 Å². The number of hydrogen-bond acceptors (Lipinski definition) is 5. The largest absolute Gasteiger partial charge is 0.476 e. The highest BCUT2D eigenvalue weighted by Crippen LogP contribution is 2.07. The van der Waals surface area contributed by atoms with Crippen molar-refractivity contribution in [3.8, 4) is 0 Å². The molecule has 1 saturated heterocycles. The Hall–Kier alpha value is -1.47. The smallest absolute Gasteiger partial charge is 0.358 e. The lowest BCUT2D eigenvalue weighted by atomic mass is 10.3. The van der Waals surface area contributed by atoms with E-state index in [9.17, 15) is 4.79 Å². The summed E-state index contributed by atoms with van der Waals surface area (Å²) in [4.78, 5) is 10.5. The molecule has 0 aromatic carbocycles. The number of ether oxygens (including phenoxy) is 2. The molecule has 1 aliphatic heterocycles. The van der Waals surface area contributed by atoms with Crippen LogP contribution in [0.4, 0.5) is 0 Å². The fourth-order valence-electron chi connectivity index (χ4n) is 1.46. The SMILES string of the molecule is O=C(O)c1cn(CCOC2CCOC2)nn1. The van der Waals surface area contributed by atoms with Crippen molar-refractivity contribution in [2.75, 3.05) is 19.8 Å². The average Bonchev–Trinajstić information content (AvgIpc) is 2.87. The first-order chi connectivity index (χ1) is 7.75. The van der Waals surface area contributed by atoms with E-state index in [2.05, 4.69) is 10.3 Å². The molecule has 88 valence electrons. The van der Waals surface area contributed by atoms with Crippen molar-refractivity contribution in [2.45, 2.75) is 19.1 Å². The van der Waals surface area contributed by atoms with Gasteiger partial charge in [0.05, 0.1) is 32.1 Å². The molecule has 0 radical (unpaired) electrons. The molecule has 0 bridgehead atoms. The topological polar surface area (TPSA) is 86.5 Å². The molecule has 2 rings (SSSR count). The Labute approximate surface area is 92.0 Å². The van der Waals surface area contributed by atoms with Crippen LogP contribution in [0.1, 0.15) is 16.9 Å². The Morgan fingerprint density at radius 3 is 3.25 bits per heavy atom. The zero-order valence-corrected chi connectivity index (χ0v) is 8.70. The minimum atomic E-state index is -1.07.